The van der Waals surface area contributed by atoms with Crippen molar-refractivity contribution in [3.8, 4) is 0 Å². The average Bonchev–Trinajstić information content (AvgIpc) is 2.94. The van der Waals surface area contributed by atoms with E-state index in [4.69, 9.17) is 15.6 Å². The molecule has 0 unspecified atom stereocenters. The molecule has 108 valence electrons. The van der Waals surface area contributed by atoms with Crippen LogP contribution in [0, 0.1) is 0 Å². The Balaban J connectivity index is 1.87. The molecule has 0 aliphatic carbocycles. The molecule has 2 aromatic heterocycles. The van der Waals surface area contributed by atoms with E-state index in [1.54, 1.807) is 4.57 Å². The van der Waals surface area contributed by atoms with Crippen molar-refractivity contribution in [1.29, 1.82) is 0 Å². The lowest BCUT2D eigenvalue weighted by atomic mass is 10.1. The number of nitrogens with zero attached hydrogens (tertiary/aromatic N) is 3. The maximum atomic E-state index is 11.6. The number of aromatic nitrogens is 4. The largest absolute Gasteiger partial charge is 0.394 e. The van der Waals surface area contributed by atoms with Crippen LogP contribution in [0.3, 0.4) is 0 Å². The maximum Gasteiger partial charge on any atom is 0.280 e. The quantitative estimate of drug-likeness (QED) is 0.521. The first-order valence-electron chi connectivity index (χ1n) is 6.23. The van der Waals surface area contributed by atoms with Gasteiger partial charge in [0.2, 0.25) is 5.95 Å². The summed E-state index contributed by atoms with van der Waals surface area (Å²) < 4.78 is 7.16. The van der Waals surface area contributed by atoms with E-state index < -0.39 is 17.8 Å². The zero-order chi connectivity index (χ0) is 14.3. The molecule has 0 spiro atoms. The van der Waals surface area contributed by atoms with Gasteiger partial charge in [0, 0.05) is 6.42 Å². The number of aliphatic hydroxyl groups is 2. The highest BCUT2D eigenvalue weighted by Crippen LogP contribution is 2.22. The van der Waals surface area contributed by atoms with Crippen LogP contribution in [0.1, 0.15) is 6.42 Å². The molecule has 0 radical (unpaired) electrons. The van der Waals surface area contributed by atoms with E-state index >= 15 is 0 Å². The first-order chi connectivity index (χ1) is 9.58. The molecule has 3 rings (SSSR count). The third kappa shape index (κ3) is 2.15. The van der Waals surface area contributed by atoms with Gasteiger partial charge in [-0.3, -0.25) is 9.78 Å². The van der Waals surface area contributed by atoms with Crippen LogP contribution in [0.25, 0.3) is 11.2 Å². The van der Waals surface area contributed by atoms with Gasteiger partial charge < -0.3 is 25.3 Å². The predicted molar refractivity (Wildman–Crippen MR) is 68.9 cm³/mol. The lowest BCUT2D eigenvalue weighted by molar-refractivity contribution is -0.0255. The molecule has 3 atom stereocenters. The Bertz CT molecular complexity index is 681. The van der Waals surface area contributed by atoms with Crippen LogP contribution in [-0.2, 0) is 11.3 Å². The Hall–Kier alpha value is -1.97. The zero-order valence-corrected chi connectivity index (χ0v) is 10.6. The minimum absolute atomic E-state index is 0.0184. The summed E-state index contributed by atoms with van der Waals surface area (Å²) >= 11 is 0. The first kappa shape index (κ1) is 13.0. The number of anilines is 1. The Kier molecular flexibility index (Phi) is 3.16. The number of rotatable bonds is 3. The van der Waals surface area contributed by atoms with Gasteiger partial charge in [-0.05, 0) is 0 Å². The number of hydrogen-bond donors (Lipinski definition) is 4. The number of nitrogens with two attached hydrogens (primary N) is 1. The minimum Gasteiger partial charge on any atom is -0.394 e. The van der Waals surface area contributed by atoms with Gasteiger partial charge in [-0.25, -0.2) is 4.98 Å². The van der Waals surface area contributed by atoms with E-state index in [9.17, 15) is 9.90 Å². The van der Waals surface area contributed by atoms with Crippen molar-refractivity contribution in [3.63, 3.8) is 0 Å². The monoisotopic (exact) mass is 281 g/mol. The number of fused-ring (bicyclic) bond motifs is 1. The fraction of sp³-hybridized carbons (Fsp3) is 0.545. The number of nitrogen functional groups attached to an aromatic ring is 1. The Morgan fingerprint density at radius 2 is 2.40 bits per heavy atom. The van der Waals surface area contributed by atoms with E-state index in [1.165, 1.54) is 6.33 Å². The molecule has 3 heterocycles. The number of imidazole rings is 1. The van der Waals surface area contributed by atoms with Crippen molar-refractivity contribution in [2.45, 2.75) is 31.3 Å². The summed E-state index contributed by atoms with van der Waals surface area (Å²) in [5, 5.41) is 18.7. The summed E-state index contributed by atoms with van der Waals surface area (Å²) in [7, 11) is 0. The van der Waals surface area contributed by atoms with Crippen molar-refractivity contribution in [1.82, 2.24) is 19.5 Å². The SMILES string of the molecule is Nc1nc2c(ncn2C[C@H]2C[C@@H](O)[C@@H](CO)O2)c(=O)[nH]1. The summed E-state index contributed by atoms with van der Waals surface area (Å²) in [6, 6.07) is 0. The molecule has 0 amide bonds. The second-order valence-corrected chi connectivity index (χ2v) is 4.80. The van der Waals surface area contributed by atoms with Gasteiger partial charge in [0.05, 0.1) is 31.7 Å². The Morgan fingerprint density at radius 1 is 1.60 bits per heavy atom. The molecule has 9 nitrogen and oxygen atoms in total. The molecule has 0 aromatic carbocycles. The number of aromatic amines is 1. The van der Waals surface area contributed by atoms with Gasteiger partial charge in [0.15, 0.2) is 11.2 Å². The molecule has 20 heavy (non-hydrogen) atoms. The molecular formula is C11H15N5O4. The summed E-state index contributed by atoms with van der Waals surface area (Å²) in [4.78, 5) is 22.1. The molecule has 0 bridgehead atoms. The van der Waals surface area contributed by atoms with Gasteiger partial charge >= 0.3 is 0 Å². The zero-order valence-electron chi connectivity index (χ0n) is 10.6. The number of H-pyrrole nitrogens is 1. The number of ether oxygens (including phenoxy) is 1. The van der Waals surface area contributed by atoms with Crippen molar-refractivity contribution in [2.75, 3.05) is 12.3 Å². The maximum absolute atomic E-state index is 11.6. The molecule has 1 aliphatic heterocycles. The van der Waals surface area contributed by atoms with Crippen LogP contribution in [0.2, 0.25) is 0 Å². The summed E-state index contributed by atoms with van der Waals surface area (Å²) in [5.74, 6) is 0.0184. The van der Waals surface area contributed by atoms with E-state index in [2.05, 4.69) is 15.0 Å². The molecule has 1 saturated heterocycles. The molecule has 9 heteroatoms. The van der Waals surface area contributed by atoms with Gasteiger partial charge in [-0.2, -0.15) is 4.98 Å². The third-order valence-corrected chi connectivity index (χ3v) is 3.37. The van der Waals surface area contributed by atoms with E-state index in [0.717, 1.165) is 0 Å². The van der Waals surface area contributed by atoms with Crippen LogP contribution < -0.4 is 11.3 Å². The predicted octanol–water partition coefficient (Wildman–Crippen LogP) is -1.79. The molecule has 1 aliphatic rings. The van der Waals surface area contributed by atoms with Crippen LogP contribution in [0.4, 0.5) is 5.95 Å². The second kappa shape index (κ2) is 4.85. The van der Waals surface area contributed by atoms with Crippen molar-refractivity contribution in [3.05, 3.63) is 16.7 Å². The minimum atomic E-state index is -0.693. The lowest BCUT2D eigenvalue weighted by Gasteiger charge is -2.12. The molecule has 2 aromatic rings. The van der Waals surface area contributed by atoms with Gasteiger partial charge in [-0.15, -0.1) is 0 Å². The topological polar surface area (TPSA) is 139 Å². The first-order valence-corrected chi connectivity index (χ1v) is 6.23. The summed E-state index contributed by atoms with van der Waals surface area (Å²) in [6.07, 6.45) is 0.345. The Labute approximate surface area is 113 Å². The number of nitrogens with one attached hydrogen (secondary N) is 1. The summed E-state index contributed by atoms with van der Waals surface area (Å²) in [5.41, 5.74) is 5.70. The number of aliphatic hydroxyl groups excluding tert-OH is 2. The fourth-order valence-corrected chi connectivity index (χ4v) is 2.42. The summed E-state index contributed by atoms with van der Waals surface area (Å²) in [6.45, 7) is 0.146. The highest BCUT2D eigenvalue weighted by Gasteiger charge is 2.33. The normalized spacial score (nSPS) is 26.4. The third-order valence-electron chi connectivity index (χ3n) is 3.37. The number of hydrogen-bond acceptors (Lipinski definition) is 7. The smallest absolute Gasteiger partial charge is 0.280 e. The van der Waals surface area contributed by atoms with Crippen LogP contribution in [0.5, 0.6) is 0 Å². The van der Waals surface area contributed by atoms with Crippen molar-refractivity contribution >= 4 is 17.1 Å². The van der Waals surface area contributed by atoms with Crippen LogP contribution in [-0.4, -0.2) is 54.7 Å². The lowest BCUT2D eigenvalue weighted by Crippen LogP contribution is -2.24. The van der Waals surface area contributed by atoms with E-state index in [-0.39, 0.29) is 24.2 Å². The average molecular weight is 281 g/mol. The molecule has 5 N–H and O–H groups in total. The highest BCUT2D eigenvalue weighted by atomic mass is 16.5. The van der Waals surface area contributed by atoms with Gasteiger partial charge in [0.25, 0.3) is 5.56 Å². The van der Waals surface area contributed by atoms with Crippen molar-refractivity contribution < 1.29 is 14.9 Å². The van der Waals surface area contributed by atoms with E-state index in [1.807, 2.05) is 0 Å². The molecule has 0 saturated carbocycles. The fourth-order valence-electron chi connectivity index (χ4n) is 2.42. The van der Waals surface area contributed by atoms with Gasteiger partial charge in [-0.1, -0.05) is 0 Å². The second-order valence-electron chi connectivity index (χ2n) is 4.80. The van der Waals surface area contributed by atoms with Crippen molar-refractivity contribution in [2.24, 2.45) is 0 Å². The standard InChI is InChI=1S/C11H15N5O4/c12-11-14-9-8(10(19)15-11)13-4-16(9)2-5-1-6(18)7(3-17)20-5/h4-7,17-18H,1-3H2,(H3,12,14,15,19)/t5-,6-,7-/m1/s1. The van der Waals surface area contributed by atoms with Crippen LogP contribution >= 0.6 is 0 Å². The van der Waals surface area contributed by atoms with E-state index in [0.29, 0.717) is 18.6 Å². The molecule has 1 fully saturated rings. The van der Waals surface area contributed by atoms with Crippen LogP contribution in [0.15, 0.2) is 11.1 Å². The Morgan fingerprint density at radius 3 is 3.10 bits per heavy atom. The molecular weight excluding hydrogens is 266 g/mol. The highest BCUT2D eigenvalue weighted by molar-refractivity contribution is 5.70. The van der Waals surface area contributed by atoms with Gasteiger partial charge in [0.1, 0.15) is 6.10 Å².